The van der Waals surface area contributed by atoms with E-state index < -0.39 is 5.60 Å². The van der Waals surface area contributed by atoms with E-state index in [1.807, 2.05) is 0 Å². The van der Waals surface area contributed by atoms with E-state index in [0.717, 1.165) is 38.9 Å². The van der Waals surface area contributed by atoms with Gasteiger partial charge in [-0.15, -0.1) is 0 Å². The quantitative estimate of drug-likeness (QED) is 0.705. The van der Waals surface area contributed by atoms with Gasteiger partial charge in [0.25, 0.3) is 0 Å². The highest BCUT2D eigenvalue weighted by Gasteiger charge is 2.34. The zero-order chi connectivity index (χ0) is 9.03. The van der Waals surface area contributed by atoms with Crippen LogP contribution in [-0.4, -0.2) is 23.9 Å². The maximum absolute atomic E-state index is 10.2. The molecule has 1 atom stereocenters. The highest BCUT2D eigenvalue weighted by molar-refractivity contribution is 4.85. The number of aliphatic hydroxyl groups is 1. The summed E-state index contributed by atoms with van der Waals surface area (Å²) in [6.45, 7) is 5.73. The van der Waals surface area contributed by atoms with Gasteiger partial charge in [-0.05, 0) is 25.7 Å². The predicted octanol–water partition coefficient (Wildman–Crippen LogP) is 1.96. The molecule has 1 N–H and O–H groups in total. The summed E-state index contributed by atoms with van der Waals surface area (Å²) in [5.41, 5.74) is -0.472. The molecule has 72 valence electrons. The van der Waals surface area contributed by atoms with E-state index in [0.29, 0.717) is 5.92 Å². The molecule has 0 spiro atoms. The highest BCUT2D eigenvalue weighted by atomic mass is 16.5. The normalized spacial score (nSPS) is 25.8. The van der Waals surface area contributed by atoms with Crippen LogP contribution >= 0.6 is 0 Å². The summed E-state index contributed by atoms with van der Waals surface area (Å²) in [7, 11) is 0. The molecule has 1 heterocycles. The van der Waals surface area contributed by atoms with Crippen LogP contribution < -0.4 is 0 Å². The molecule has 0 amide bonds. The molecule has 0 aromatic carbocycles. The van der Waals surface area contributed by atoms with Gasteiger partial charge in [0.1, 0.15) is 0 Å². The topological polar surface area (TPSA) is 29.5 Å². The highest BCUT2D eigenvalue weighted by Crippen LogP contribution is 2.31. The molecule has 1 saturated heterocycles. The zero-order valence-electron chi connectivity index (χ0n) is 8.18. The molecular weight excluding hydrogens is 152 g/mol. The fourth-order valence-corrected chi connectivity index (χ4v) is 1.99. The van der Waals surface area contributed by atoms with Gasteiger partial charge in [-0.25, -0.2) is 0 Å². The third-order valence-electron chi connectivity index (χ3n) is 3.14. The molecule has 1 aliphatic heterocycles. The van der Waals surface area contributed by atoms with Crippen molar-refractivity contribution in [1.82, 2.24) is 0 Å². The van der Waals surface area contributed by atoms with E-state index in [9.17, 15) is 5.11 Å². The first kappa shape index (κ1) is 10.0. The van der Waals surface area contributed by atoms with Crippen molar-refractivity contribution in [3.05, 3.63) is 0 Å². The minimum absolute atomic E-state index is 0.362. The van der Waals surface area contributed by atoms with Gasteiger partial charge in [-0.1, -0.05) is 13.8 Å². The molecule has 12 heavy (non-hydrogen) atoms. The van der Waals surface area contributed by atoms with E-state index in [1.165, 1.54) is 0 Å². The number of rotatable bonds is 3. The van der Waals surface area contributed by atoms with Crippen LogP contribution in [0.25, 0.3) is 0 Å². The van der Waals surface area contributed by atoms with Crippen LogP contribution in [0.3, 0.4) is 0 Å². The maximum atomic E-state index is 10.2. The summed E-state index contributed by atoms with van der Waals surface area (Å²) in [6.07, 6.45) is 3.92. The van der Waals surface area contributed by atoms with Crippen LogP contribution in [0.4, 0.5) is 0 Å². The largest absolute Gasteiger partial charge is 0.390 e. The fraction of sp³-hybridized carbons (Fsp3) is 1.00. The Labute approximate surface area is 74.9 Å². The van der Waals surface area contributed by atoms with Gasteiger partial charge in [-0.2, -0.15) is 0 Å². The zero-order valence-corrected chi connectivity index (χ0v) is 8.18. The predicted molar refractivity (Wildman–Crippen MR) is 49.1 cm³/mol. The summed E-state index contributed by atoms with van der Waals surface area (Å²) in [5.74, 6) is 0.362. The SMILES string of the molecule is CCC(O)(CC)C1CCCOC1. The van der Waals surface area contributed by atoms with Crippen LogP contribution in [0.15, 0.2) is 0 Å². The molecule has 1 rings (SSSR count). The second kappa shape index (κ2) is 4.24. The minimum atomic E-state index is -0.472. The second-order valence-corrected chi connectivity index (χ2v) is 3.72. The van der Waals surface area contributed by atoms with Crippen LogP contribution in [0.1, 0.15) is 39.5 Å². The second-order valence-electron chi connectivity index (χ2n) is 3.72. The first-order valence-corrected chi connectivity index (χ1v) is 5.03. The number of ether oxygens (including phenoxy) is 1. The summed E-state index contributed by atoms with van der Waals surface area (Å²) in [6, 6.07) is 0. The summed E-state index contributed by atoms with van der Waals surface area (Å²) in [4.78, 5) is 0. The lowest BCUT2D eigenvalue weighted by molar-refractivity contribution is -0.0832. The Balaban J connectivity index is 2.51. The Bertz CT molecular complexity index is 124. The molecule has 2 nitrogen and oxygen atoms in total. The molecular formula is C10H20O2. The first-order valence-electron chi connectivity index (χ1n) is 5.03. The maximum Gasteiger partial charge on any atom is 0.0692 e. The lowest BCUT2D eigenvalue weighted by Crippen LogP contribution is -2.41. The van der Waals surface area contributed by atoms with E-state index in [1.54, 1.807) is 0 Å². The van der Waals surface area contributed by atoms with Crippen molar-refractivity contribution >= 4 is 0 Å². The summed E-state index contributed by atoms with van der Waals surface area (Å²) >= 11 is 0. The van der Waals surface area contributed by atoms with Crippen molar-refractivity contribution < 1.29 is 9.84 Å². The van der Waals surface area contributed by atoms with E-state index in [4.69, 9.17) is 4.74 Å². The molecule has 0 bridgehead atoms. The third kappa shape index (κ3) is 1.99. The van der Waals surface area contributed by atoms with Crippen LogP contribution in [0, 0.1) is 5.92 Å². The van der Waals surface area contributed by atoms with Crippen molar-refractivity contribution in [2.45, 2.75) is 45.1 Å². The molecule has 0 saturated carbocycles. The van der Waals surface area contributed by atoms with Crippen molar-refractivity contribution in [2.24, 2.45) is 5.92 Å². The van der Waals surface area contributed by atoms with Crippen LogP contribution in [-0.2, 0) is 4.74 Å². The molecule has 2 heteroatoms. The van der Waals surface area contributed by atoms with Gasteiger partial charge in [0, 0.05) is 12.5 Å². The molecule has 1 aliphatic rings. The van der Waals surface area contributed by atoms with Gasteiger partial charge in [0.2, 0.25) is 0 Å². The molecule has 0 radical (unpaired) electrons. The summed E-state index contributed by atoms with van der Waals surface area (Å²) in [5, 5.41) is 10.2. The van der Waals surface area contributed by atoms with Gasteiger partial charge in [0.15, 0.2) is 0 Å². The molecule has 1 unspecified atom stereocenters. The Hall–Kier alpha value is -0.0800. The first-order chi connectivity index (χ1) is 5.73. The minimum Gasteiger partial charge on any atom is -0.390 e. The monoisotopic (exact) mass is 172 g/mol. The number of hydrogen-bond donors (Lipinski definition) is 1. The Kier molecular flexibility index (Phi) is 3.53. The van der Waals surface area contributed by atoms with Crippen LogP contribution in [0.2, 0.25) is 0 Å². The molecule has 1 fully saturated rings. The van der Waals surface area contributed by atoms with Gasteiger partial charge < -0.3 is 9.84 Å². The van der Waals surface area contributed by atoms with E-state index in [-0.39, 0.29) is 0 Å². The van der Waals surface area contributed by atoms with Crippen molar-refractivity contribution in [1.29, 1.82) is 0 Å². The van der Waals surface area contributed by atoms with Gasteiger partial charge in [0.05, 0.1) is 12.2 Å². The summed E-state index contributed by atoms with van der Waals surface area (Å²) < 4.78 is 5.37. The van der Waals surface area contributed by atoms with E-state index >= 15 is 0 Å². The van der Waals surface area contributed by atoms with Crippen molar-refractivity contribution in [3.8, 4) is 0 Å². The van der Waals surface area contributed by atoms with Gasteiger partial charge in [-0.3, -0.25) is 0 Å². The smallest absolute Gasteiger partial charge is 0.0692 e. The Morgan fingerprint density at radius 3 is 2.50 bits per heavy atom. The average molecular weight is 172 g/mol. The average Bonchev–Trinajstić information content (AvgIpc) is 2.18. The van der Waals surface area contributed by atoms with Gasteiger partial charge >= 0.3 is 0 Å². The van der Waals surface area contributed by atoms with Crippen LogP contribution in [0.5, 0.6) is 0 Å². The molecule has 0 aromatic heterocycles. The third-order valence-corrected chi connectivity index (χ3v) is 3.14. The van der Waals surface area contributed by atoms with E-state index in [2.05, 4.69) is 13.8 Å². The van der Waals surface area contributed by atoms with Crippen molar-refractivity contribution in [3.63, 3.8) is 0 Å². The molecule has 0 aromatic rings. The standard InChI is InChI=1S/C10H20O2/c1-3-10(11,4-2)9-6-5-7-12-8-9/h9,11H,3-8H2,1-2H3. The Morgan fingerprint density at radius 2 is 2.08 bits per heavy atom. The molecule has 0 aliphatic carbocycles. The lowest BCUT2D eigenvalue weighted by atomic mass is 9.80. The lowest BCUT2D eigenvalue weighted by Gasteiger charge is -2.36. The van der Waals surface area contributed by atoms with Crippen molar-refractivity contribution in [2.75, 3.05) is 13.2 Å². The fourth-order valence-electron chi connectivity index (χ4n) is 1.99. The Morgan fingerprint density at radius 1 is 1.42 bits per heavy atom. The number of hydrogen-bond acceptors (Lipinski definition) is 2.